The molecule has 18 heavy (non-hydrogen) atoms. The van der Waals surface area contributed by atoms with E-state index in [1.807, 2.05) is 0 Å². The van der Waals surface area contributed by atoms with Gasteiger partial charge in [0.05, 0.1) is 12.6 Å². The molecule has 2 N–H and O–H groups in total. The lowest BCUT2D eigenvalue weighted by Crippen LogP contribution is -2.43. The average molecular weight is 255 g/mol. The zero-order chi connectivity index (χ0) is 13.1. The molecule has 0 spiro atoms. The number of amides is 2. The summed E-state index contributed by atoms with van der Waals surface area (Å²) >= 11 is 0. The molecule has 102 valence electrons. The molecule has 0 bridgehead atoms. The molecule has 0 aromatic rings. The third-order valence-electron chi connectivity index (χ3n) is 3.63. The van der Waals surface area contributed by atoms with Gasteiger partial charge in [-0.1, -0.05) is 0 Å². The van der Waals surface area contributed by atoms with E-state index in [-0.39, 0.29) is 24.5 Å². The van der Waals surface area contributed by atoms with Crippen molar-refractivity contribution in [1.82, 2.24) is 9.80 Å². The van der Waals surface area contributed by atoms with Crippen LogP contribution >= 0.6 is 0 Å². The van der Waals surface area contributed by atoms with E-state index in [0.29, 0.717) is 26.1 Å². The van der Waals surface area contributed by atoms with Crippen molar-refractivity contribution in [3.05, 3.63) is 0 Å². The zero-order valence-corrected chi connectivity index (χ0v) is 10.8. The molecule has 2 amide bonds. The van der Waals surface area contributed by atoms with E-state index >= 15 is 0 Å². The molecule has 0 radical (unpaired) electrons. The number of hydrogen-bond donors (Lipinski definition) is 1. The summed E-state index contributed by atoms with van der Waals surface area (Å²) < 4.78 is 5.59. The molecule has 0 aromatic carbocycles. The summed E-state index contributed by atoms with van der Waals surface area (Å²) in [6.07, 6.45) is 1.94. The standard InChI is InChI=1S/C12H21N3O3/c1-14-5-2-6-15(8-11(14)16)12(17)10-4-3-9(7-13)18-10/h9-10H,2-8,13H2,1H3. The van der Waals surface area contributed by atoms with Crippen molar-refractivity contribution in [1.29, 1.82) is 0 Å². The van der Waals surface area contributed by atoms with Crippen molar-refractivity contribution in [2.75, 3.05) is 33.2 Å². The van der Waals surface area contributed by atoms with Gasteiger partial charge in [0.25, 0.3) is 5.91 Å². The van der Waals surface area contributed by atoms with Crippen molar-refractivity contribution in [2.45, 2.75) is 31.5 Å². The van der Waals surface area contributed by atoms with Crippen LogP contribution in [0.1, 0.15) is 19.3 Å². The van der Waals surface area contributed by atoms with Gasteiger partial charge in [0.1, 0.15) is 6.10 Å². The molecule has 2 saturated heterocycles. The van der Waals surface area contributed by atoms with Crippen LogP contribution in [-0.2, 0) is 14.3 Å². The number of carbonyl (C=O) groups excluding carboxylic acids is 2. The molecule has 0 aliphatic carbocycles. The lowest BCUT2D eigenvalue weighted by atomic mass is 10.2. The molecule has 2 unspecified atom stereocenters. The maximum atomic E-state index is 12.3. The highest BCUT2D eigenvalue weighted by molar-refractivity contribution is 5.87. The van der Waals surface area contributed by atoms with E-state index < -0.39 is 6.10 Å². The van der Waals surface area contributed by atoms with Crippen LogP contribution in [0.5, 0.6) is 0 Å². The van der Waals surface area contributed by atoms with Gasteiger partial charge in [0.2, 0.25) is 5.91 Å². The second kappa shape index (κ2) is 5.67. The Bertz CT molecular complexity index is 335. The Hall–Kier alpha value is -1.14. The highest BCUT2D eigenvalue weighted by Gasteiger charge is 2.34. The maximum absolute atomic E-state index is 12.3. The monoisotopic (exact) mass is 255 g/mol. The highest BCUT2D eigenvalue weighted by Crippen LogP contribution is 2.21. The summed E-state index contributed by atoms with van der Waals surface area (Å²) in [5.74, 6) is -0.0659. The van der Waals surface area contributed by atoms with Gasteiger partial charge in [-0.25, -0.2) is 0 Å². The molecule has 2 heterocycles. The van der Waals surface area contributed by atoms with Gasteiger partial charge in [-0.05, 0) is 19.3 Å². The molecule has 2 atom stereocenters. The number of likely N-dealkylation sites (N-methyl/N-ethyl adjacent to an activating group) is 1. The molecular formula is C12H21N3O3. The Balaban J connectivity index is 1.94. The molecule has 6 nitrogen and oxygen atoms in total. The van der Waals surface area contributed by atoms with E-state index in [1.165, 1.54) is 0 Å². The normalized spacial score (nSPS) is 29.6. The third-order valence-corrected chi connectivity index (χ3v) is 3.63. The molecule has 0 aromatic heterocycles. The van der Waals surface area contributed by atoms with Crippen molar-refractivity contribution < 1.29 is 14.3 Å². The predicted octanol–water partition coefficient (Wildman–Crippen LogP) is -0.817. The van der Waals surface area contributed by atoms with Gasteiger partial charge < -0.3 is 20.3 Å². The van der Waals surface area contributed by atoms with E-state index in [9.17, 15) is 9.59 Å². The van der Waals surface area contributed by atoms with E-state index in [4.69, 9.17) is 10.5 Å². The first-order valence-corrected chi connectivity index (χ1v) is 6.50. The molecule has 2 fully saturated rings. The van der Waals surface area contributed by atoms with Crippen molar-refractivity contribution in [3.63, 3.8) is 0 Å². The number of carbonyl (C=O) groups is 2. The number of hydrogen-bond acceptors (Lipinski definition) is 4. The first-order chi connectivity index (χ1) is 8.61. The Kier molecular flexibility index (Phi) is 4.19. The van der Waals surface area contributed by atoms with Gasteiger partial charge in [-0.2, -0.15) is 0 Å². The summed E-state index contributed by atoms with van der Waals surface area (Å²) in [4.78, 5) is 27.3. The zero-order valence-electron chi connectivity index (χ0n) is 10.8. The Labute approximate surface area is 107 Å². The molecule has 6 heteroatoms. The smallest absolute Gasteiger partial charge is 0.252 e. The van der Waals surface area contributed by atoms with Gasteiger partial charge in [0, 0.05) is 26.7 Å². The van der Waals surface area contributed by atoms with E-state index in [0.717, 1.165) is 12.8 Å². The number of nitrogens with two attached hydrogens (primary N) is 1. The first-order valence-electron chi connectivity index (χ1n) is 6.50. The van der Waals surface area contributed by atoms with Crippen LogP contribution < -0.4 is 5.73 Å². The molecule has 2 aliphatic rings. The minimum atomic E-state index is -0.408. The number of nitrogens with zero attached hydrogens (tertiary/aromatic N) is 2. The fraction of sp³-hybridized carbons (Fsp3) is 0.833. The summed E-state index contributed by atoms with van der Waals surface area (Å²) in [6.45, 7) is 1.95. The number of ether oxygens (including phenoxy) is 1. The molecule has 2 rings (SSSR count). The summed E-state index contributed by atoms with van der Waals surface area (Å²) in [7, 11) is 1.77. The topological polar surface area (TPSA) is 75.9 Å². The summed E-state index contributed by atoms with van der Waals surface area (Å²) in [5, 5.41) is 0. The number of rotatable bonds is 2. The Morgan fingerprint density at radius 2 is 2.22 bits per heavy atom. The highest BCUT2D eigenvalue weighted by atomic mass is 16.5. The Morgan fingerprint density at radius 3 is 2.89 bits per heavy atom. The van der Waals surface area contributed by atoms with Gasteiger partial charge >= 0.3 is 0 Å². The minimum Gasteiger partial charge on any atom is -0.364 e. The van der Waals surface area contributed by atoms with Crippen LogP contribution in [0.3, 0.4) is 0 Å². The lowest BCUT2D eigenvalue weighted by Gasteiger charge is -2.23. The van der Waals surface area contributed by atoms with Crippen LogP contribution in [0.15, 0.2) is 0 Å². The lowest BCUT2D eigenvalue weighted by molar-refractivity contribution is -0.146. The van der Waals surface area contributed by atoms with E-state index in [2.05, 4.69) is 0 Å². The van der Waals surface area contributed by atoms with Crippen molar-refractivity contribution in [3.8, 4) is 0 Å². The van der Waals surface area contributed by atoms with E-state index in [1.54, 1.807) is 16.8 Å². The first kappa shape index (κ1) is 13.3. The maximum Gasteiger partial charge on any atom is 0.252 e. The van der Waals surface area contributed by atoms with Gasteiger partial charge in [-0.3, -0.25) is 9.59 Å². The van der Waals surface area contributed by atoms with Gasteiger partial charge in [-0.15, -0.1) is 0 Å². The van der Waals surface area contributed by atoms with Crippen LogP contribution in [-0.4, -0.2) is 67.0 Å². The van der Waals surface area contributed by atoms with Crippen molar-refractivity contribution in [2.24, 2.45) is 5.73 Å². The second-order valence-electron chi connectivity index (χ2n) is 4.99. The Morgan fingerprint density at radius 1 is 1.44 bits per heavy atom. The predicted molar refractivity (Wildman–Crippen MR) is 65.8 cm³/mol. The fourth-order valence-corrected chi connectivity index (χ4v) is 2.44. The summed E-state index contributed by atoms with van der Waals surface area (Å²) in [5.41, 5.74) is 5.53. The van der Waals surface area contributed by atoms with Crippen LogP contribution in [0.2, 0.25) is 0 Å². The molecular weight excluding hydrogens is 234 g/mol. The SMILES string of the molecule is CN1CCCN(C(=O)C2CCC(CN)O2)CC1=O. The van der Waals surface area contributed by atoms with Crippen LogP contribution in [0, 0.1) is 0 Å². The van der Waals surface area contributed by atoms with Gasteiger partial charge in [0.15, 0.2) is 0 Å². The quantitative estimate of drug-likeness (QED) is 0.700. The average Bonchev–Trinajstić information content (AvgIpc) is 2.78. The van der Waals surface area contributed by atoms with Crippen molar-refractivity contribution >= 4 is 11.8 Å². The second-order valence-corrected chi connectivity index (χ2v) is 4.99. The van der Waals surface area contributed by atoms with Crippen LogP contribution in [0.4, 0.5) is 0 Å². The summed E-state index contributed by atoms with van der Waals surface area (Å²) in [6, 6.07) is 0. The minimum absolute atomic E-state index is 0.00535. The molecule has 2 aliphatic heterocycles. The largest absolute Gasteiger partial charge is 0.364 e. The third kappa shape index (κ3) is 2.81. The molecule has 0 saturated carbocycles. The fourth-order valence-electron chi connectivity index (χ4n) is 2.44. The van der Waals surface area contributed by atoms with Crippen LogP contribution in [0.25, 0.3) is 0 Å².